The van der Waals surface area contributed by atoms with Crippen molar-refractivity contribution < 1.29 is 4.79 Å². The van der Waals surface area contributed by atoms with Crippen molar-refractivity contribution in [3.63, 3.8) is 0 Å². The maximum absolute atomic E-state index is 12.2. The highest BCUT2D eigenvalue weighted by Gasteiger charge is 2.14. The molecule has 0 bridgehead atoms. The van der Waals surface area contributed by atoms with Crippen molar-refractivity contribution in [2.45, 2.75) is 30.6 Å². The van der Waals surface area contributed by atoms with E-state index >= 15 is 0 Å². The van der Waals surface area contributed by atoms with Crippen LogP contribution in [0.2, 0.25) is 0 Å². The number of amides is 1. The summed E-state index contributed by atoms with van der Waals surface area (Å²) in [5.74, 6) is 0.346. The Hall–Kier alpha value is -1.12. The van der Waals surface area contributed by atoms with Gasteiger partial charge in [0.05, 0.1) is 11.8 Å². The van der Waals surface area contributed by atoms with Crippen LogP contribution in [0.25, 0.3) is 0 Å². The first-order chi connectivity index (χ1) is 11.1. The van der Waals surface area contributed by atoms with Crippen LogP contribution in [0.5, 0.6) is 0 Å². The van der Waals surface area contributed by atoms with Crippen LogP contribution in [0, 0.1) is 0 Å². The summed E-state index contributed by atoms with van der Waals surface area (Å²) in [4.78, 5) is 12.2. The Balaban J connectivity index is 1.85. The van der Waals surface area contributed by atoms with Gasteiger partial charge in [0.15, 0.2) is 4.34 Å². The molecule has 1 heterocycles. The van der Waals surface area contributed by atoms with Gasteiger partial charge in [0.1, 0.15) is 0 Å². The summed E-state index contributed by atoms with van der Waals surface area (Å²) in [6.07, 6.45) is 0.849. The van der Waals surface area contributed by atoms with Gasteiger partial charge in [-0.3, -0.25) is 4.79 Å². The van der Waals surface area contributed by atoms with Crippen molar-refractivity contribution in [2.75, 3.05) is 17.6 Å². The van der Waals surface area contributed by atoms with E-state index in [9.17, 15) is 4.79 Å². The lowest BCUT2D eigenvalue weighted by Crippen LogP contribution is -2.29. The van der Waals surface area contributed by atoms with Gasteiger partial charge in [-0.1, -0.05) is 58.1 Å². The summed E-state index contributed by atoms with van der Waals surface area (Å²) in [5, 5.41) is 15.0. The lowest BCUT2D eigenvalue weighted by atomic mass is 10.0. The van der Waals surface area contributed by atoms with Crippen molar-refractivity contribution in [3.8, 4) is 0 Å². The zero-order valence-electron chi connectivity index (χ0n) is 13.0. The van der Waals surface area contributed by atoms with Crippen LogP contribution in [0.4, 0.5) is 5.13 Å². The molecule has 2 N–H and O–H groups in total. The number of nitrogens with zero attached hydrogens (tertiary/aromatic N) is 2. The molecule has 1 atom stereocenters. The minimum Gasteiger partial charge on any atom is -0.360 e. The number of carbonyl (C=O) groups is 1. The van der Waals surface area contributed by atoms with Gasteiger partial charge in [-0.25, -0.2) is 0 Å². The van der Waals surface area contributed by atoms with Crippen molar-refractivity contribution in [1.29, 1.82) is 0 Å². The number of carbonyl (C=O) groups excluding carboxylic acids is 1. The standard InChI is InChI=1S/C15H19BrN4OS2/c1-3-12(10-5-7-11(16)8-6-10)18-13(21)9-22-15-20-19-14(23-15)17-4-2/h5-8,12H,3-4,9H2,1-2H3,(H,17,19)(H,18,21)/t12-/m1/s1. The van der Waals surface area contributed by atoms with Crippen LogP contribution >= 0.6 is 39.0 Å². The minimum absolute atomic E-state index is 0.00460. The molecule has 0 fully saturated rings. The molecule has 1 aromatic heterocycles. The number of hydrogen-bond donors (Lipinski definition) is 2. The average Bonchev–Trinajstić information content (AvgIpc) is 3.00. The van der Waals surface area contributed by atoms with E-state index in [-0.39, 0.29) is 11.9 Å². The fourth-order valence-corrected chi connectivity index (χ4v) is 3.87. The molecule has 2 rings (SSSR count). The van der Waals surface area contributed by atoms with Crippen LogP contribution in [0.15, 0.2) is 33.1 Å². The van der Waals surface area contributed by atoms with E-state index in [0.717, 1.165) is 32.5 Å². The van der Waals surface area contributed by atoms with E-state index in [1.54, 1.807) is 0 Å². The van der Waals surface area contributed by atoms with Gasteiger partial charge in [-0.2, -0.15) is 0 Å². The number of hydrogen-bond acceptors (Lipinski definition) is 6. The second-order valence-corrected chi connectivity index (χ2v) is 7.89. The second-order valence-electron chi connectivity index (χ2n) is 4.77. The maximum Gasteiger partial charge on any atom is 0.230 e. The molecule has 0 aliphatic heterocycles. The van der Waals surface area contributed by atoms with Crippen molar-refractivity contribution in [1.82, 2.24) is 15.5 Å². The van der Waals surface area contributed by atoms with Crippen molar-refractivity contribution in [2.24, 2.45) is 0 Å². The molecule has 0 spiro atoms. The number of nitrogens with one attached hydrogen (secondary N) is 2. The summed E-state index contributed by atoms with van der Waals surface area (Å²) in [7, 11) is 0. The van der Waals surface area contributed by atoms with Gasteiger partial charge in [-0.05, 0) is 31.0 Å². The Labute approximate surface area is 152 Å². The Kier molecular flexibility index (Phi) is 7.32. The third-order valence-corrected chi connectivity index (χ3v) is 5.62. The molecule has 124 valence electrons. The second kappa shape index (κ2) is 9.24. The summed E-state index contributed by atoms with van der Waals surface area (Å²) in [6.45, 7) is 4.88. The van der Waals surface area contributed by atoms with Crippen LogP contribution in [-0.4, -0.2) is 28.4 Å². The predicted molar refractivity (Wildman–Crippen MR) is 100 cm³/mol. The highest BCUT2D eigenvalue weighted by atomic mass is 79.9. The maximum atomic E-state index is 12.2. The molecule has 5 nitrogen and oxygen atoms in total. The SMILES string of the molecule is CCNc1nnc(SCC(=O)N[C@H](CC)c2ccc(Br)cc2)s1. The molecule has 1 amide bonds. The molecule has 0 saturated heterocycles. The topological polar surface area (TPSA) is 66.9 Å². The summed E-state index contributed by atoms with van der Waals surface area (Å²) >= 11 is 6.30. The van der Waals surface area contributed by atoms with Crippen molar-refractivity contribution in [3.05, 3.63) is 34.3 Å². The van der Waals surface area contributed by atoms with Gasteiger partial charge in [0, 0.05) is 11.0 Å². The highest BCUT2D eigenvalue weighted by Crippen LogP contribution is 2.25. The third-order valence-electron chi connectivity index (χ3n) is 3.08. The van der Waals surface area contributed by atoms with Gasteiger partial charge >= 0.3 is 0 Å². The molecular weight excluding hydrogens is 396 g/mol. The fraction of sp³-hybridized carbons (Fsp3) is 0.400. The number of anilines is 1. The molecular formula is C15H19BrN4OS2. The fourth-order valence-electron chi connectivity index (χ4n) is 1.97. The molecule has 0 aliphatic rings. The molecule has 2 aromatic rings. The van der Waals surface area contributed by atoms with E-state index in [1.807, 2.05) is 31.2 Å². The van der Waals surface area contributed by atoms with Crippen LogP contribution in [-0.2, 0) is 4.79 Å². The quantitative estimate of drug-likeness (QED) is 0.636. The zero-order valence-corrected chi connectivity index (χ0v) is 16.2. The lowest BCUT2D eigenvalue weighted by Gasteiger charge is -2.17. The monoisotopic (exact) mass is 414 g/mol. The zero-order chi connectivity index (χ0) is 16.7. The predicted octanol–water partition coefficient (Wildman–Crippen LogP) is 4.09. The Morgan fingerprint density at radius 1 is 1.30 bits per heavy atom. The number of thioether (sulfide) groups is 1. The largest absolute Gasteiger partial charge is 0.360 e. The first kappa shape index (κ1) is 18.2. The van der Waals surface area contributed by atoms with Crippen LogP contribution in [0.1, 0.15) is 31.9 Å². The smallest absolute Gasteiger partial charge is 0.230 e. The first-order valence-corrected chi connectivity index (χ1v) is 9.96. The summed E-state index contributed by atoms with van der Waals surface area (Å²) in [5.41, 5.74) is 1.11. The molecule has 8 heteroatoms. The van der Waals surface area contributed by atoms with E-state index in [1.165, 1.54) is 23.1 Å². The van der Waals surface area contributed by atoms with E-state index in [4.69, 9.17) is 0 Å². The molecule has 0 saturated carbocycles. The van der Waals surface area contributed by atoms with Crippen molar-refractivity contribution >= 4 is 50.1 Å². The molecule has 0 radical (unpaired) electrons. The molecule has 0 aliphatic carbocycles. The van der Waals surface area contributed by atoms with E-state index in [2.05, 4.69) is 43.7 Å². The summed E-state index contributed by atoms with van der Waals surface area (Å²) < 4.78 is 1.83. The average molecular weight is 415 g/mol. The van der Waals surface area contributed by atoms with E-state index < -0.39 is 0 Å². The Bertz CT molecular complexity index is 633. The van der Waals surface area contributed by atoms with Gasteiger partial charge in [-0.15, -0.1) is 10.2 Å². The molecule has 0 unspecified atom stereocenters. The number of halogens is 1. The normalized spacial score (nSPS) is 12.0. The van der Waals surface area contributed by atoms with E-state index in [0.29, 0.717) is 5.75 Å². The molecule has 23 heavy (non-hydrogen) atoms. The lowest BCUT2D eigenvalue weighted by molar-refractivity contribution is -0.119. The Morgan fingerprint density at radius 2 is 2.04 bits per heavy atom. The Morgan fingerprint density at radius 3 is 2.70 bits per heavy atom. The van der Waals surface area contributed by atoms with Crippen LogP contribution in [0.3, 0.4) is 0 Å². The van der Waals surface area contributed by atoms with Gasteiger partial charge in [0.25, 0.3) is 0 Å². The third kappa shape index (κ3) is 5.78. The number of aromatic nitrogens is 2. The van der Waals surface area contributed by atoms with Crippen LogP contribution < -0.4 is 10.6 Å². The molecule has 1 aromatic carbocycles. The van der Waals surface area contributed by atoms with Gasteiger partial charge < -0.3 is 10.6 Å². The number of benzene rings is 1. The first-order valence-electron chi connectivity index (χ1n) is 7.37. The minimum atomic E-state index is 0.00460. The highest BCUT2D eigenvalue weighted by molar-refractivity contribution is 9.10. The number of rotatable bonds is 8. The summed E-state index contributed by atoms with van der Waals surface area (Å²) in [6, 6.07) is 8.06. The van der Waals surface area contributed by atoms with Gasteiger partial charge in [0.2, 0.25) is 11.0 Å².